The van der Waals surface area contributed by atoms with Gasteiger partial charge in [-0.1, -0.05) is 6.92 Å². The zero-order valence-corrected chi connectivity index (χ0v) is 11.4. The monoisotopic (exact) mass is 274 g/mol. The second-order valence-corrected chi connectivity index (χ2v) is 5.47. The number of ether oxygens (including phenoxy) is 1. The quantitative estimate of drug-likeness (QED) is 0.731. The van der Waals surface area contributed by atoms with Crippen LogP contribution in [0.1, 0.15) is 13.8 Å². The minimum Gasteiger partial charge on any atom is -0.380 e. The van der Waals surface area contributed by atoms with Gasteiger partial charge in [-0.25, -0.2) is 8.42 Å². The van der Waals surface area contributed by atoms with Crippen LogP contribution in [-0.4, -0.2) is 44.0 Å². The number of hydrogen-bond donors (Lipinski definition) is 1. The molecule has 0 aliphatic heterocycles. The lowest BCUT2D eigenvalue weighted by atomic mass is 10.5. The highest BCUT2D eigenvalue weighted by Gasteiger charge is 2.25. The van der Waals surface area contributed by atoms with Gasteiger partial charge in [0.05, 0.1) is 6.61 Å². The zero-order chi connectivity index (χ0) is 13.6. The third-order valence-electron chi connectivity index (χ3n) is 2.45. The van der Waals surface area contributed by atoms with Crippen molar-refractivity contribution in [3.05, 3.63) is 28.7 Å². The predicted molar refractivity (Wildman–Crippen MR) is 68.0 cm³/mol. The van der Waals surface area contributed by atoms with Gasteiger partial charge in [-0.3, -0.25) is 4.79 Å². The van der Waals surface area contributed by atoms with Gasteiger partial charge in [0.15, 0.2) is 0 Å². The molecular formula is C11H18N2O4S. The molecule has 0 aliphatic rings. The normalized spacial score (nSPS) is 11.9. The number of likely N-dealkylation sites (N-methyl/N-ethyl adjacent to an activating group) is 1. The van der Waals surface area contributed by atoms with Crippen molar-refractivity contribution in [2.24, 2.45) is 0 Å². The SMILES string of the molecule is CCOCCN(CC)S(=O)(=O)c1c[nH]ccc1=O. The summed E-state index contributed by atoms with van der Waals surface area (Å²) in [7, 11) is -3.75. The van der Waals surface area contributed by atoms with Crippen molar-refractivity contribution in [2.75, 3.05) is 26.3 Å². The van der Waals surface area contributed by atoms with E-state index in [0.29, 0.717) is 19.8 Å². The van der Waals surface area contributed by atoms with Gasteiger partial charge in [0.25, 0.3) is 0 Å². The van der Waals surface area contributed by atoms with Crippen LogP contribution in [0.15, 0.2) is 28.2 Å². The molecule has 1 aromatic heterocycles. The number of hydrogen-bond acceptors (Lipinski definition) is 4. The summed E-state index contributed by atoms with van der Waals surface area (Å²) in [6.07, 6.45) is 2.61. The number of H-pyrrole nitrogens is 1. The van der Waals surface area contributed by atoms with Gasteiger partial charge in [0.1, 0.15) is 4.90 Å². The number of nitrogens with one attached hydrogen (secondary N) is 1. The number of aromatic nitrogens is 1. The van der Waals surface area contributed by atoms with Gasteiger partial charge >= 0.3 is 0 Å². The van der Waals surface area contributed by atoms with Crippen LogP contribution in [0.25, 0.3) is 0 Å². The summed E-state index contributed by atoms with van der Waals surface area (Å²) in [5.74, 6) is 0. The molecule has 0 amide bonds. The second-order valence-electron chi connectivity index (χ2n) is 3.57. The second kappa shape index (κ2) is 6.67. The summed E-state index contributed by atoms with van der Waals surface area (Å²) in [5, 5.41) is 0. The Bertz CT molecular complexity index is 524. The van der Waals surface area contributed by atoms with Crippen molar-refractivity contribution in [3.63, 3.8) is 0 Å². The zero-order valence-electron chi connectivity index (χ0n) is 10.5. The van der Waals surface area contributed by atoms with Crippen molar-refractivity contribution >= 4 is 10.0 Å². The maximum Gasteiger partial charge on any atom is 0.248 e. The minimum atomic E-state index is -3.75. The van der Waals surface area contributed by atoms with Crippen molar-refractivity contribution in [3.8, 4) is 0 Å². The van der Waals surface area contributed by atoms with Crippen LogP contribution in [0.2, 0.25) is 0 Å². The topological polar surface area (TPSA) is 79.5 Å². The summed E-state index contributed by atoms with van der Waals surface area (Å²) in [5.41, 5.74) is -0.511. The summed E-state index contributed by atoms with van der Waals surface area (Å²) in [4.78, 5) is 13.9. The maximum absolute atomic E-state index is 12.2. The molecular weight excluding hydrogens is 256 g/mol. The Morgan fingerprint density at radius 3 is 2.67 bits per heavy atom. The van der Waals surface area contributed by atoms with Gasteiger partial charge in [-0.2, -0.15) is 4.31 Å². The van der Waals surface area contributed by atoms with E-state index in [4.69, 9.17) is 4.74 Å². The first-order valence-electron chi connectivity index (χ1n) is 5.79. The van der Waals surface area contributed by atoms with Gasteiger partial charge in [-0.05, 0) is 6.92 Å². The molecule has 18 heavy (non-hydrogen) atoms. The lowest BCUT2D eigenvalue weighted by Crippen LogP contribution is -2.36. The van der Waals surface area contributed by atoms with E-state index < -0.39 is 15.5 Å². The molecule has 0 bridgehead atoms. The fourth-order valence-corrected chi connectivity index (χ4v) is 2.97. The molecule has 0 saturated carbocycles. The van der Waals surface area contributed by atoms with Crippen LogP contribution in [0, 0.1) is 0 Å². The first kappa shape index (κ1) is 14.9. The molecule has 1 heterocycles. The average molecular weight is 274 g/mol. The minimum absolute atomic E-state index is 0.233. The molecule has 0 aromatic carbocycles. The van der Waals surface area contributed by atoms with Crippen molar-refractivity contribution < 1.29 is 13.2 Å². The van der Waals surface area contributed by atoms with E-state index in [9.17, 15) is 13.2 Å². The van der Waals surface area contributed by atoms with Crippen LogP contribution >= 0.6 is 0 Å². The fraction of sp³-hybridized carbons (Fsp3) is 0.545. The molecule has 0 fully saturated rings. The standard InChI is InChI=1S/C11H18N2O4S/c1-3-13(7-8-17-4-2)18(15,16)11-9-12-6-5-10(11)14/h5-6,9H,3-4,7-8H2,1-2H3,(H,12,14). The Morgan fingerprint density at radius 2 is 2.11 bits per heavy atom. The summed E-state index contributed by atoms with van der Waals surface area (Å²) >= 11 is 0. The number of sulfonamides is 1. The van der Waals surface area contributed by atoms with E-state index in [1.807, 2.05) is 6.92 Å². The van der Waals surface area contributed by atoms with Crippen LogP contribution in [-0.2, 0) is 14.8 Å². The van der Waals surface area contributed by atoms with Crippen molar-refractivity contribution in [1.82, 2.24) is 9.29 Å². The maximum atomic E-state index is 12.2. The van der Waals surface area contributed by atoms with Gasteiger partial charge < -0.3 is 9.72 Å². The molecule has 0 atom stereocenters. The average Bonchev–Trinajstić information content (AvgIpc) is 2.34. The van der Waals surface area contributed by atoms with E-state index in [0.717, 1.165) is 0 Å². The first-order chi connectivity index (χ1) is 8.54. The number of aromatic amines is 1. The molecule has 0 unspecified atom stereocenters. The Hall–Kier alpha value is -1.18. The van der Waals surface area contributed by atoms with E-state index in [1.54, 1.807) is 6.92 Å². The predicted octanol–water partition coefficient (Wildman–Crippen LogP) is 0.422. The highest BCUT2D eigenvalue weighted by atomic mass is 32.2. The third kappa shape index (κ3) is 3.41. The molecule has 0 aliphatic carbocycles. The molecule has 1 N–H and O–H groups in total. The lowest BCUT2D eigenvalue weighted by molar-refractivity contribution is 0.135. The summed E-state index contributed by atoms with van der Waals surface area (Å²) < 4.78 is 30.8. The van der Waals surface area contributed by atoms with E-state index in [-0.39, 0.29) is 11.4 Å². The molecule has 102 valence electrons. The summed E-state index contributed by atoms with van der Waals surface area (Å²) in [6.45, 7) is 4.94. The molecule has 1 aromatic rings. The van der Waals surface area contributed by atoms with Crippen LogP contribution in [0.3, 0.4) is 0 Å². The van der Waals surface area contributed by atoms with Crippen LogP contribution in [0.5, 0.6) is 0 Å². The van der Waals surface area contributed by atoms with Crippen LogP contribution < -0.4 is 5.43 Å². The molecule has 0 radical (unpaired) electrons. The highest BCUT2D eigenvalue weighted by Crippen LogP contribution is 2.09. The number of nitrogens with zero attached hydrogens (tertiary/aromatic N) is 1. The fourth-order valence-electron chi connectivity index (χ4n) is 1.50. The molecule has 7 heteroatoms. The third-order valence-corrected chi connectivity index (χ3v) is 4.44. The Kier molecular flexibility index (Phi) is 5.52. The van der Waals surface area contributed by atoms with Gasteiger partial charge in [-0.15, -0.1) is 0 Å². The van der Waals surface area contributed by atoms with Crippen molar-refractivity contribution in [2.45, 2.75) is 18.7 Å². The lowest BCUT2D eigenvalue weighted by Gasteiger charge is -2.19. The largest absolute Gasteiger partial charge is 0.380 e. The Morgan fingerprint density at radius 1 is 1.39 bits per heavy atom. The molecule has 0 spiro atoms. The number of rotatable bonds is 7. The molecule has 1 rings (SSSR count). The molecule has 6 nitrogen and oxygen atoms in total. The van der Waals surface area contributed by atoms with Crippen LogP contribution in [0.4, 0.5) is 0 Å². The number of pyridine rings is 1. The first-order valence-corrected chi connectivity index (χ1v) is 7.23. The van der Waals surface area contributed by atoms with Gasteiger partial charge in [0.2, 0.25) is 15.5 Å². The van der Waals surface area contributed by atoms with E-state index in [2.05, 4.69) is 4.98 Å². The Labute approximate surface area is 107 Å². The van der Waals surface area contributed by atoms with Crippen molar-refractivity contribution in [1.29, 1.82) is 0 Å². The Balaban J connectivity index is 2.97. The highest BCUT2D eigenvalue weighted by molar-refractivity contribution is 7.89. The smallest absolute Gasteiger partial charge is 0.248 e. The van der Waals surface area contributed by atoms with E-state index in [1.165, 1.54) is 22.8 Å². The van der Waals surface area contributed by atoms with E-state index >= 15 is 0 Å². The molecule has 0 saturated heterocycles. The van der Waals surface area contributed by atoms with Gasteiger partial charge in [0, 0.05) is 38.2 Å². The summed E-state index contributed by atoms with van der Waals surface area (Å²) in [6, 6.07) is 1.20.